The Morgan fingerprint density at radius 1 is 0.853 bits per heavy atom. The lowest BCUT2D eigenvalue weighted by Crippen LogP contribution is -2.35. The van der Waals surface area contributed by atoms with E-state index in [1.807, 2.05) is 30.3 Å². The molecule has 8 heteroatoms. The Morgan fingerprint density at radius 2 is 1.47 bits per heavy atom. The van der Waals surface area contributed by atoms with E-state index in [4.69, 9.17) is 11.6 Å². The summed E-state index contributed by atoms with van der Waals surface area (Å²) in [4.78, 5) is 39.0. The van der Waals surface area contributed by atoms with Crippen LogP contribution in [0.2, 0.25) is 5.02 Å². The molecule has 0 saturated carbocycles. The molecule has 2 amide bonds. The smallest absolute Gasteiger partial charge is 0.291 e. The molecule has 3 aromatic carbocycles. The van der Waals surface area contributed by atoms with Crippen LogP contribution in [0.25, 0.3) is 11.3 Å². The van der Waals surface area contributed by atoms with Gasteiger partial charge in [-0.25, -0.2) is 4.68 Å². The van der Waals surface area contributed by atoms with Gasteiger partial charge in [-0.3, -0.25) is 14.4 Å². The zero-order valence-electron chi connectivity index (χ0n) is 18.2. The highest BCUT2D eigenvalue weighted by atomic mass is 35.5. The second kappa shape index (κ2) is 10.1. The molecule has 1 heterocycles. The number of hydrogen-bond donors (Lipinski definition) is 2. The molecule has 0 spiro atoms. The topological polar surface area (TPSA) is 93.1 Å². The van der Waals surface area contributed by atoms with Crippen molar-refractivity contribution in [3.8, 4) is 11.3 Å². The second-order valence-corrected chi connectivity index (χ2v) is 7.93. The first-order valence-electron chi connectivity index (χ1n) is 10.5. The molecule has 2 N–H and O–H groups in total. The lowest BCUT2D eigenvalue weighted by atomic mass is 10.1. The average molecular weight is 473 g/mol. The largest absolute Gasteiger partial charge is 0.323 e. The quantitative estimate of drug-likeness (QED) is 0.412. The van der Waals surface area contributed by atoms with E-state index in [1.165, 1.54) is 6.07 Å². The molecule has 0 bridgehead atoms. The van der Waals surface area contributed by atoms with Crippen molar-refractivity contribution in [1.29, 1.82) is 0 Å². The van der Waals surface area contributed by atoms with E-state index in [0.717, 1.165) is 10.2 Å². The number of nitrogens with one attached hydrogen (secondary N) is 2. The molecule has 0 fully saturated rings. The van der Waals surface area contributed by atoms with Gasteiger partial charge in [0.25, 0.3) is 11.5 Å². The number of rotatable bonds is 6. The maximum atomic E-state index is 13.3. The number of hydrogen-bond acceptors (Lipinski definition) is 4. The summed E-state index contributed by atoms with van der Waals surface area (Å²) >= 11 is 6.15. The molecule has 4 aromatic rings. The predicted octanol–water partition coefficient (Wildman–Crippen LogP) is 5.02. The molecule has 4 rings (SSSR count). The number of halogens is 1. The van der Waals surface area contributed by atoms with E-state index in [0.29, 0.717) is 22.0 Å². The zero-order chi connectivity index (χ0) is 24.1. The van der Waals surface area contributed by atoms with Gasteiger partial charge in [-0.1, -0.05) is 72.3 Å². The molecule has 34 heavy (non-hydrogen) atoms. The third kappa shape index (κ3) is 5.05. The number of para-hydroxylation sites is 1. The lowest BCUT2D eigenvalue weighted by molar-refractivity contribution is -0.119. The van der Waals surface area contributed by atoms with Gasteiger partial charge in [-0.05, 0) is 37.3 Å². The molecule has 0 unspecified atom stereocenters. The Balaban J connectivity index is 1.73. The standard InChI is InChI=1S/C26H21ClN4O3/c1-17(24(32)28-21-15-9-8-14-20(21)27)31-26(34)23(29-25(33)19-12-6-3-7-13-19)16-22(30-31)18-10-4-2-5-11-18/h2-17H,1H3,(H,28,32)(H,29,33)/t17-/m0/s1. The Bertz CT molecular complexity index is 1390. The van der Waals surface area contributed by atoms with Gasteiger partial charge >= 0.3 is 0 Å². The molecular weight excluding hydrogens is 452 g/mol. The predicted molar refractivity (Wildman–Crippen MR) is 133 cm³/mol. The first-order valence-corrected chi connectivity index (χ1v) is 10.9. The van der Waals surface area contributed by atoms with E-state index in [-0.39, 0.29) is 5.69 Å². The van der Waals surface area contributed by atoms with Crippen LogP contribution in [-0.2, 0) is 4.79 Å². The molecule has 0 aliphatic carbocycles. The first kappa shape index (κ1) is 22.9. The third-order valence-corrected chi connectivity index (χ3v) is 5.50. The van der Waals surface area contributed by atoms with E-state index in [9.17, 15) is 14.4 Å². The fourth-order valence-electron chi connectivity index (χ4n) is 3.31. The van der Waals surface area contributed by atoms with Crippen LogP contribution in [0.4, 0.5) is 11.4 Å². The van der Waals surface area contributed by atoms with Crippen LogP contribution in [0, 0.1) is 0 Å². The van der Waals surface area contributed by atoms with Gasteiger partial charge in [-0.2, -0.15) is 5.10 Å². The van der Waals surface area contributed by atoms with Gasteiger partial charge < -0.3 is 10.6 Å². The molecule has 1 atom stereocenters. The van der Waals surface area contributed by atoms with Crippen molar-refractivity contribution in [2.75, 3.05) is 10.6 Å². The number of benzene rings is 3. The minimum Gasteiger partial charge on any atom is -0.323 e. The minimum absolute atomic E-state index is 0.0140. The normalized spacial score (nSPS) is 11.5. The molecule has 0 saturated heterocycles. The summed E-state index contributed by atoms with van der Waals surface area (Å²) in [5.41, 5.74) is 1.39. The summed E-state index contributed by atoms with van der Waals surface area (Å²) in [6.07, 6.45) is 0. The molecule has 0 aliphatic heterocycles. The molecule has 7 nitrogen and oxygen atoms in total. The Morgan fingerprint density at radius 3 is 2.15 bits per heavy atom. The summed E-state index contributed by atoms with van der Waals surface area (Å²) in [6.45, 7) is 1.55. The molecular formula is C26H21ClN4O3. The fourth-order valence-corrected chi connectivity index (χ4v) is 3.49. The van der Waals surface area contributed by atoms with Crippen molar-refractivity contribution in [3.05, 3.63) is 112 Å². The summed E-state index contributed by atoms with van der Waals surface area (Å²) in [5, 5.41) is 10.2. The first-order chi connectivity index (χ1) is 16.4. The highest BCUT2D eigenvalue weighted by Gasteiger charge is 2.22. The van der Waals surface area contributed by atoms with Crippen LogP contribution >= 0.6 is 11.6 Å². The fraction of sp³-hybridized carbons (Fsp3) is 0.0769. The van der Waals surface area contributed by atoms with Crippen molar-refractivity contribution < 1.29 is 9.59 Å². The van der Waals surface area contributed by atoms with Gasteiger partial charge in [0.05, 0.1) is 16.4 Å². The van der Waals surface area contributed by atoms with E-state index in [1.54, 1.807) is 61.5 Å². The summed E-state index contributed by atoms with van der Waals surface area (Å²) in [5.74, 6) is -0.920. The van der Waals surface area contributed by atoms with E-state index >= 15 is 0 Å². The maximum absolute atomic E-state index is 13.3. The van der Waals surface area contributed by atoms with Crippen molar-refractivity contribution in [2.45, 2.75) is 13.0 Å². The Kier molecular flexibility index (Phi) is 6.85. The highest BCUT2D eigenvalue weighted by Crippen LogP contribution is 2.23. The van der Waals surface area contributed by atoms with Crippen molar-refractivity contribution in [1.82, 2.24) is 9.78 Å². The van der Waals surface area contributed by atoms with E-state index in [2.05, 4.69) is 15.7 Å². The van der Waals surface area contributed by atoms with Crippen LogP contribution < -0.4 is 16.2 Å². The van der Waals surface area contributed by atoms with Crippen molar-refractivity contribution in [3.63, 3.8) is 0 Å². The van der Waals surface area contributed by atoms with Crippen LogP contribution in [-0.4, -0.2) is 21.6 Å². The average Bonchev–Trinajstić information content (AvgIpc) is 2.87. The Labute approximate surface area is 201 Å². The van der Waals surface area contributed by atoms with Crippen LogP contribution in [0.3, 0.4) is 0 Å². The zero-order valence-corrected chi connectivity index (χ0v) is 19.0. The third-order valence-electron chi connectivity index (χ3n) is 5.17. The van der Waals surface area contributed by atoms with Gasteiger partial charge in [0, 0.05) is 11.1 Å². The van der Waals surface area contributed by atoms with Crippen LogP contribution in [0.5, 0.6) is 0 Å². The van der Waals surface area contributed by atoms with Crippen LogP contribution in [0.1, 0.15) is 23.3 Å². The van der Waals surface area contributed by atoms with Gasteiger partial charge in [0.2, 0.25) is 5.91 Å². The number of aromatic nitrogens is 2. The van der Waals surface area contributed by atoms with Crippen molar-refractivity contribution >= 4 is 34.8 Å². The molecule has 170 valence electrons. The van der Waals surface area contributed by atoms with Crippen LogP contribution in [0.15, 0.2) is 95.8 Å². The Hall–Kier alpha value is -4.23. The number of nitrogens with zero attached hydrogens (tertiary/aromatic N) is 2. The molecule has 0 aliphatic rings. The summed E-state index contributed by atoms with van der Waals surface area (Å²) in [6, 6.07) is 25.1. The number of carbonyl (C=O) groups excluding carboxylic acids is 2. The number of anilines is 2. The number of carbonyl (C=O) groups is 2. The number of amides is 2. The van der Waals surface area contributed by atoms with Crippen molar-refractivity contribution in [2.24, 2.45) is 0 Å². The van der Waals surface area contributed by atoms with Gasteiger partial charge in [0.15, 0.2) is 0 Å². The molecule has 1 aromatic heterocycles. The summed E-state index contributed by atoms with van der Waals surface area (Å²) < 4.78 is 1.06. The van der Waals surface area contributed by atoms with Gasteiger partial charge in [-0.15, -0.1) is 0 Å². The van der Waals surface area contributed by atoms with Gasteiger partial charge in [0.1, 0.15) is 11.7 Å². The second-order valence-electron chi connectivity index (χ2n) is 7.52. The maximum Gasteiger partial charge on any atom is 0.291 e. The summed E-state index contributed by atoms with van der Waals surface area (Å²) in [7, 11) is 0. The highest BCUT2D eigenvalue weighted by molar-refractivity contribution is 6.33. The molecule has 0 radical (unpaired) electrons. The monoisotopic (exact) mass is 472 g/mol. The SMILES string of the molecule is C[C@@H](C(=O)Nc1ccccc1Cl)n1nc(-c2ccccc2)cc(NC(=O)c2ccccc2)c1=O. The van der Waals surface area contributed by atoms with E-state index < -0.39 is 23.4 Å². The minimum atomic E-state index is -0.986. The lowest BCUT2D eigenvalue weighted by Gasteiger charge is -2.17.